The molecule has 1 aliphatic carbocycles. The number of carbonyl (C=O) groups excluding carboxylic acids is 8. The number of amides is 8. The van der Waals surface area contributed by atoms with Gasteiger partial charge in [0.15, 0.2) is 0 Å². The second-order valence-corrected chi connectivity index (χ2v) is 27.1. The number of ketones is 1. The molecular formula is C71H102N12O20. The smallest absolute Gasteiger partial charge is 0.326 e. The number of rotatable bonds is 41. The van der Waals surface area contributed by atoms with Gasteiger partial charge in [-0.15, -0.1) is 0 Å². The van der Waals surface area contributed by atoms with Crippen molar-refractivity contribution in [3.63, 3.8) is 0 Å². The minimum atomic E-state index is -1.58. The van der Waals surface area contributed by atoms with E-state index in [0.29, 0.717) is 37.2 Å². The van der Waals surface area contributed by atoms with E-state index in [9.17, 15) is 92.7 Å². The summed E-state index contributed by atoms with van der Waals surface area (Å²) in [6.45, 7) is 5.19. The highest BCUT2D eigenvalue weighted by Crippen LogP contribution is 2.32. The predicted molar refractivity (Wildman–Crippen MR) is 375 cm³/mol. The first kappa shape index (κ1) is 84.0. The first-order chi connectivity index (χ1) is 48.9. The molecule has 3 aromatic carbocycles. The van der Waals surface area contributed by atoms with Crippen molar-refractivity contribution in [3.05, 3.63) is 83.4 Å². The normalized spacial score (nSPS) is 17.6. The van der Waals surface area contributed by atoms with Crippen LogP contribution in [-0.2, 0) is 75.2 Å². The molecule has 103 heavy (non-hydrogen) atoms. The molecule has 32 heteroatoms. The molecule has 3 aromatic rings. The number of aliphatic carboxylic acids is 6. The SMILES string of the molecule is CC(C)Cc1ccc(C(C)C(=O)NC(CC(N)=O)C(=O)NCCC(NC(=O)CN2CCN(CC(=O)O)CCN(CC(=O)O)CCN(CC(=O)O)CC2)C(=O)NCC2CCC(C(=O)CC(Cc3ccc4ccccc4c3)C(=O)NCCCCC(NC(=O)NC(CCC(=O)O)C(=O)O)C(=O)O)CC2)cc1. The van der Waals surface area contributed by atoms with Gasteiger partial charge in [0.05, 0.1) is 38.5 Å². The molecule has 32 nitrogen and oxygen atoms in total. The molecule has 2 fully saturated rings. The molecule has 6 atom stereocenters. The number of carbonyl (C=O) groups is 14. The van der Waals surface area contributed by atoms with Crippen LogP contribution in [0.5, 0.6) is 0 Å². The minimum Gasteiger partial charge on any atom is -0.481 e. The van der Waals surface area contributed by atoms with Gasteiger partial charge in [-0.05, 0) is 117 Å². The maximum Gasteiger partial charge on any atom is 0.326 e. The molecule has 0 spiro atoms. The molecule has 15 N–H and O–H groups in total. The highest BCUT2D eigenvalue weighted by molar-refractivity contribution is 5.94. The Hall–Kier alpha value is -9.66. The van der Waals surface area contributed by atoms with Crippen molar-refractivity contribution < 1.29 is 97.8 Å². The van der Waals surface area contributed by atoms with Gasteiger partial charge in [0.25, 0.3) is 0 Å². The second-order valence-electron chi connectivity index (χ2n) is 27.1. The molecule has 1 saturated heterocycles. The molecule has 1 aliphatic heterocycles. The summed E-state index contributed by atoms with van der Waals surface area (Å²) in [7, 11) is 0. The summed E-state index contributed by atoms with van der Waals surface area (Å²) in [4.78, 5) is 186. The van der Waals surface area contributed by atoms with Gasteiger partial charge >= 0.3 is 41.8 Å². The van der Waals surface area contributed by atoms with Gasteiger partial charge in [0.1, 0.15) is 30.0 Å². The van der Waals surface area contributed by atoms with Crippen LogP contribution in [0.3, 0.4) is 0 Å². The summed E-state index contributed by atoms with van der Waals surface area (Å²) < 4.78 is 0. The number of urea groups is 1. The Morgan fingerprint density at radius 2 is 0.990 bits per heavy atom. The van der Waals surface area contributed by atoms with Crippen LogP contribution in [0.2, 0.25) is 0 Å². The highest BCUT2D eigenvalue weighted by atomic mass is 16.4. The van der Waals surface area contributed by atoms with Crippen LogP contribution < -0.4 is 43.0 Å². The summed E-state index contributed by atoms with van der Waals surface area (Å²) in [5.41, 5.74) is 8.11. The molecule has 0 aromatic heterocycles. The van der Waals surface area contributed by atoms with Gasteiger partial charge in [-0.3, -0.25) is 72.3 Å². The molecule has 2 aliphatic rings. The number of benzene rings is 3. The number of carboxylic acids is 6. The lowest BCUT2D eigenvalue weighted by atomic mass is 9.77. The standard InChI is InChI=1S/C71H102N12O20/c1-44(2)34-46-11-16-49(17-12-46)45(3)65(95)77-57(38-59(72)85)68(98)74-25-23-54(76-60(86)40-80-26-28-81(41-62(89)90)30-32-83(43-64(93)94)33-31-82(29-27-80)42-63(91)92)67(97)75-39-47-13-19-51(20-14-47)58(84)37-53(36-48-15-18-50-8-4-5-9-52(50)35-48)66(96)73-24-7-6-10-55(69(99)100)78-71(103)79-56(70(101)102)21-22-61(87)88/h4-5,8-9,11-12,15-18,35,44-45,47,51,53-57H,6-7,10,13-14,19-34,36-43H2,1-3H3,(H2,72,85)(H,73,96)(H,74,98)(H,75,97)(H,76,86)(H,77,95)(H,87,88)(H,89,90)(H,91,92)(H,93,94)(H,99,100)(H,101,102)(H2,78,79,103). The highest BCUT2D eigenvalue weighted by Gasteiger charge is 2.34. The van der Waals surface area contributed by atoms with Crippen LogP contribution in [0.1, 0.15) is 120 Å². The minimum absolute atomic E-state index is 0.0825. The molecule has 0 radical (unpaired) electrons. The third-order valence-corrected chi connectivity index (χ3v) is 18.4. The number of primary amides is 1. The quantitative estimate of drug-likeness (QED) is 0.0353. The largest absolute Gasteiger partial charge is 0.481 e. The van der Waals surface area contributed by atoms with E-state index < -0.39 is 152 Å². The monoisotopic (exact) mass is 1440 g/mol. The lowest BCUT2D eigenvalue weighted by molar-refractivity contribution is -0.141. The lowest BCUT2D eigenvalue weighted by Gasteiger charge is -2.33. The number of nitrogens with zero attached hydrogens (tertiary/aromatic N) is 4. The van der Waals surface area contributed by atoms with Crippen LogP contribution >= 0.6 is 0 Å². The zero-order valence-corrected chi connectivity index (χ0v) is 58.8. The summed E-state index contributed by atoms with van der Waals surface area (Å²) in [6.07, 6.45) is 1.33. The van der Waals surface area contributed by atoms with E-state index in [1.807, 2.05) is 66.7 Å². The fourth-order valence-corrected chi connectivity index (χ4v) is 12.6. The van der Waals surface area contributed by atoms with E-state index >= 15 is 0 Å². The number of Topliss-reactive ketones (excluding diaryl/α,β-unsaturated/α-hetero) is 1. The van der Waals surface area contributed by atoms with Crippen molar-refractivity contribution in [2.75, 3.05) is 98.2 Å². The Morgan fingerprint density at radius 1 is 0.476 bits per heavy atom. The molecule has 6 unspecified atom stereocenters. The Balaban J connectivity index is 1.26. The lowest BCUT2D eigenvalue weighted by Crippen LogP contribution is -2.54. The van der Waals surface area contributed by atoms with Crippen LogP contribution in [-0.4, -0.2) is 256 Å². The third kappa shape index (κ3) is 31.6. The predicted octanol–water partition coefficient (Wildman–Crippen LogP) is 1.07. The van der Waals surface area contributed by atoms with Crippen molar-refractivity contribution in [2.24, 2.45) is 29.4 Å². The number of nitrogens with one attached hydrogen (secondary N) is 7. The summed E-state index contributed by atoms with van der Waals surface area (Å²) in [6, 6.07) is 14.0. The molecule has 1 heterocycles. The fourth-order valence-electron chi connectivity index (χ4n) is 12.6. The van der Waals surface area contributed by atoms with E-state index in [1.165, 1.54) is 0 Å². The van der Waals surface area contributed by atoms with Gasteiger partial charge < -0.3 is 73.6 Å². The van der Waals surface area contributed by atoms with E-state index in [0.717, 1.165) is 28.3 Å². The van der Waals surface area contributed by atoms with E-state index in [2.05, 4.69) is 51.1 Å². The fraction of sp³-hybridized carbons (Fsp3) is 0.577. The first-order valence-corrected chi connectivity index (χ1v) is 35.0. The number of unbranched alkanes of at least 4 members (excludes halogenated alkanes) is 1. The zero-order chi connectivity index (χ0) is 75.7. The Labute approximate surface area is 597 Å². The Kier molecular flexibility index (Phi) is 35.3. The van der Waals surface area contributed by atoms with Crippen molar-refractivity contribution in [1.29, 1.82) is 0 Å². The maximum atomic E-state index is 14.4. The number of carboxylic acid groups (broad SMARTS) is 6. The summed E-state index contributed by atoms with van der Waals surface area (Å²) in [5, 5.41) is 77.4. The van der Waals surface area contributed by atoms with Crippen LogP contribution in [0.4, 0.5) is 4.79 Å². The first-order valence-electron chi connectivity index (χ1n) is 35.0. The van der Waals surface area contributed by atoms with Gasteiger partial charge in [0, 0.05) is 96.7 Å². The van der Waals surface area contributed by atoms with Crippen molar-refractivity contribution >= 4 is 93.8 Å². The third-order valence-electron chi connectivity index (χ3n) is 18.4. The van der Waals surface area contributed by atoms with Crippen molar-refractivity contribution in [3.8, 4) is 0 Å². The Morgan fingerprint density at radius 3 is 1.51 bits per heavy atom. The molecule has 0 bridgehead atoms. The molecular weight excluding hydrogens is 1340 g/mol. The van der Waals surface area contributed by atoms with E-state index in [-0.39, 0.29) is 135 Å². The number of fused-ring (bicyclic) bond motifs is 1. The van der Waals surface area contributed by atoms with Gasteiger partial charge in [-0.2, -0.15) is 0 Å². The van der Waals surface area contributed by atoms with Crippen molar-refractivity contribution in [2.45, 2.75) is 141 Å². The van der Waals surface area contributed by atoms with Gasteiger partial charge in [0.2, 0.25) is 35.4 Å². The van der Waals surface area contributed by atoms with Crippen molar-refractivity contribution in [1.82, 2.24) is 56.8 Å². The maximum absolute atomic E-state index is 14.4. The van der Waals surface area contributed by atoms with Gasteiger partial charge in [-0.1, -0.05) is 80.6 Å². The van der Waals surface area contributed by atoms with E-state index in [1.54, 1.807) is 26.5 Å². The second kappa shape index (κ2) is 43.3. The average molecular weight is 1440 g/mol. The van der Waals surface area contributed by atoms with Crippen LogP contribution in [0.25, 0.3) is 10.8 Å². The topological polar surface area (TPSA) is 484 Å². The number of nitrogens with two attached hydrogens (primary N) is 1. The molecule has 5 rings (SSSR count). The van der Waals surface area contributed by atoms with Crippen LogP contribution in [0, 0.1) is 23.7 Å². The Bertz CT molecular complexity index is 3370. The number of hydrogen-bond donors (Lipinski definition) is 14. The number of hydrogen-bond acceptors (Lipinski definition) is 18. The average Bonchev–Trinajstić information content (AvgIpc) is 0.809. The van der Waals surface area contributed by atoms with E-state index in [4.69, 9.17) is 10.8 Å². The summed E-state index contributed by atoms with van der Waals surface area (Å²) in [5.74, 6) is -13.4. The van der Waals surface area contributed by atoms with Gasteiger partial charge in [-0.25, -0.2) is 14.4 Å². The molecule has 1 saturated carbocycles. The van der Waals surface area contributed by atoms with Crippen LogP contribution in [0.15, 0.2) is 66.7 Å². The zero-order valence-electron chi connectivity index (χ0n) is 58.8. The molecule has 8 amide bonds. The molecule has 566 valence electrons. The summed E-state index contributed by atoms with van der Waals surface area (Å²) >= 11 is 0.